The van der Waals surface area contributed by atoms with Crippen molar-refractivity contribution in [3.63, 3.8) is 0 Å². The fourth-order valence-electron chi connectivity index (χ4n) is 1.40. The van der Waals surface area contributed by atoms with Gasteiger partial charge in [-0.05, 0) is 37.7 Å². The van der Waals surface area contributed by atoms with E-state index in [1.807, 2.05) is 0 Å². The summed E-state index contributed by atoms with van der Waals surface area (Å²) in [6, 6.07) is 0. The minimum atomic E-state index is -1.13. The average molecular weight is 275 g/mol. The summed E-state index contributed by atoms with van der Waals surface area (Å²) < 4.78 is 0. The Labute approximate surface area is 137 Å². The molecule has 0 aromatic carbocycles. The van der Waals surface area contributed by atoms with Gasteiger partial charge in [0.25, 0.3) is 0 Å². The molecule has 19 heavy (non-hydrogen) atoms. The van der Waals surface area contributed by atoms with Crippen molar-refractivity contribution in [2.24, 2.45) is 4.99 Å². The monoisotopic (exact) mass is 275 g/mol. The first-order valence-electron chi connectivity index (χ1n) is 6.44. The van der Waals surface area contributed by atoms with E-state index in [1.165, 1.54) is 6.42 Å². The number of carboxylic acid groups (broad SMARTS) is 1. The molecule has 0 aliphatic heterocycles. The third-order valence-electron chi connectivity index (χ3n) is 2.32. The second-order valence-electron chi connectivity index (χ2n) is 3.97. The molecule has 0 saturated heterocycles. The van der Waals surface area contributed by atoms with Gasteiger partial charge in [-0.25, -0.2) is 4.79 Å². The summed E-state index contributed by atoms with van der Waals surface area (Å²) in [4.78, 5) is 13.9. The second-order valence-corrected chi connectivity index (χ2v) is 3.97. The van der Waals surface area contributed by atoms with Crippen molar-refractivity contribution in [1.82, 2.24) is 0 Å². The Morgan fingerprint density at radius 3 is 2.47 bits per heavy atom. The molecule has 0 amide bonds. The van der Waals surface area contributed by atoms with E-state index in [2.05, 4.69) is 24.1 Å². The van der Waals surface area contributed by atoms with Gasteiger partial charge >= 0.3 is 35.5 Å². The number of aliphatic carboxylic acids is 1. The van der Waals surface area contributed by atoms with Crippen molar-refractivity contribution in [2.45, 2.75) is 45.4 Å². The summed E-state index contributed by atoms with van der Waals surface area (Å²) in [5.41, 5.74) is 0. The minimum absolute atomic E-state index is 0. The Hall–Kier alpha value is -0.580. The summed E-state index contributed by atoms with van der Waals surface area (Å²) in [7, 11) is 0. The van der Waals surface area contributed by atoms with E-state index < -0.39 is 11.9 Å². The largest absolute Gasteiger partial charge is 1.00 e. The van der Waals surface area contributed by atoms with Crippen molar-refractivity contribution in [3.8, 4) is 0 Å². The standard InChI is InChI=1S/C14H23NO3.Na/c1-2-3-4-5-6-7-8-9-12-15-13(16)10-11-14(17)18;/h3-4,10-11H,2,5-9,12H2,1H3,(H,15,16)(H,17,18);/q;+1/p-1/b4-3+,11-10+;. The zero-order chi connectivity index (χ0) is 13.6. The molecule has 0 bridgehead atoms. The van der Waals surface area contributed by atoms with Gasteiger partial charge in [0, 0.05) is 12.6 Å². The van der Waals surface area contributed by atoms with Crippen molar-refractivity contribution in [3.05, 3.63) is 24.3 Å². The Balaban J connectivity index is 0. The van der Waals surface area contributed by atoms with E-state index >= 15 is 0 Å². The maximum Gasteiger partial charge on any atom is 1.00 e. The maximum absolute atomic E-state index is 11.0. The summed E-state index contributed by atoms with van der Waals surface area (Å²) in [5, 5.41) is 19.3. The van der Waals surface area contributed by atoms with Crippen LogP contribution in [0.5, 0.6) is 0 Å². The fourth-order valence-corrected chi connectivity index (χ4v) is 1.40. The van der Waals surface area contributed by atoms with Crippen molar-refractivity contribution in [2.75, 3.05) is 6.54 Å². The number of allylic oxidation sites excluding steroid dienone is 2. The van der Waals surface area contributed by atoms with Crippen LogP contribution in [0.15, 0.2) is 29.3 Å². The molecular weight excluding hydrogens is 253 g/mol. The van der Waals surface area contributed by atoms with Gasteiger partial charge in [-0.2, -0.15) is 0 Å². The number of unbranched alkanes of at least 4 members (excludes halogenated alkanes) is 4. The van der Waals surface area contributed by atoms with Crippen LogP contribution in [0.1, 0.15) is 45.4 Å². The van der Waals surface area contributed by atoms with E-state index in [0.717, 1.165) is 44.3 Å². The minimum Gasteiger partial charge on any atom is -0.859 e. The summed E-state index contributed by atoms with van der Waals surface area (Å²) in [6.07, 6.45) is 12.6. The zero-order valence-electron chi connectivity index (χ0n) is 12.0. The molecule has 0 heterocycles. The third-order valence-corrected chi connectivity index (χ3v) is 2.32. The van der Waals surface area contributed by atoms with Crippen LogP contribution in [0.2, 0.25) is 0 Å². The van der Waals surface area contributed by atoms with E-state index in [9.17, 15) is 9.90 Å². The van der Waals surface area contributed by atoms with Crippen LogP contribution >= 0.6 is 0 Å². The van der Waals surface area contributed by atoms with Gasteiger partial charge in [0.1, 0.15) is 0 Å². The van der Waals surface area contributed by atoms with Gasteiger partial charge in [0.2, 0.25) is 0 Å². The van der Waals surface area contributed by atoms with Gasteiger partial charge in [-0.1, -0.05) is 31.9 Å². The predicted octanol–water partition coefficient (Wildman–Crippen LogP) is -0.693. The number of hydrogen-bond acceptors (Lipinski definition) is 3. The van der Waals surface area contributed by atoms with Crippen LogP contribution < -0.4 is 34.7 Å². The van der Waals surface area contributed by atoms with Crippen molar-refractivity contribution < 1.29 is 44.6 Å². The molecule has 0 rings (SSSR count). The van der Waals surface area contributed by atoms with E-state index in [4.69, 9.17) is 5.11 Å². The quantitative estimate of drug-likeness (QED) is 0.143. The Bertz CT molecular complexity index is 312. The summed E-state index contributed by atoms with van der Waals surface area (Å²) >= 11 is 0. The molecule has 0 aromatic heterocycles. The Kier molecular flexibility index (Phi) is 16.9. The van der Waals surface area contributed by atoms with Gasteiger partial charge in [0.05, 0.1) is 0 Å². The van der Waals surface area contributed by atoms with Gasteiger partial charge in [-0.3, -0.25) is 0 Å². The second kappa shape index (κ2) is 15.5. The number of carbonyl (C=O) groups is 1. The van der Waals surface area contributed by atoms with E-state index in [1.54, 1.807) is 0 Å². The molecule has 0 fully saturated rings. The van der Waals surface area contributed by atoms with Gasteiger partial charge in [-0.15, -0.1) is 0 Å². The molecule has 1 N–H and O–H groups in total. The normalized spacial score (nSPS) is 11.9. The molecule has 4 nitrogen and oxygen atoms in total. The molecule has 5 heteroatoms. The van der Waals surface area contributed by atoms with Crippen LogP contribution in [0.25, 0.3) is 0 Å². The molecule has 102 valence electrons. The molecular formula is C14H22NNaO3. The number of hydrogen-bond donors (Lipinski definition) is 1. The first kappa shape index (κ1) is 20.7. The first-order chi connectivity index (χ1) is 8.66. The van der Waals surface area contributed by atoms with Gasteiger partial charge in [0.15, 0.2) is 0 Å². The topological polar surface area (TPSA) is 72.7 Å². The van der Waals surface area contributed by atoms with Crippen LogP contribution in [0.3, 0.4) is 0 Å². The van der Waals surface area contributed by atoms with Crippen molar-refractivity contribution in [1.29, 1.82) is 0 Å². The van der Waals surface area contributed by atoms with E-state index in [0.29, 0.717) is 6.54 Å². The van der Waals surface area contributed by atoms with Crippen molar-refractivity contribution >= 4 is 11.9 Å². The molecule has 0 aromatic rings. The fraction of sp³-hybridized carbons (Fsp3) is 0.571. The maximum atomic E-state index is 11.0. The van der Waals surface area contributed by atoms with Crippen LogP contribution in [0, 0.1) is 0 Å². The molecule has 0 unspecified atom stereocenters. The van der Waals surface area contributed by atoms with Crippen LogP contribution in [-0.2, 0) is 4.79 Å². The first-order valence-corrected chi connectivity index (χ1v) is 6.44. The smallest absolute Gasteiger partial charge is 0.859 e. The number of rotatable bonds is 10. The average Bonchev–Trinajstić information content (AvgIpc) is 2.34. The molecule has 0 aliphatic carbocycles. The molecule has 0 atom stereocenters. The zero-order valence-corrected chi connectivity index (χ0v) is 14.0. The molecule has 0 spiro atoms. The van der Waals surface area contributed by atoms with Crippen LogP contribution in [-0.4, -0.2) is 23.5 Å². The SMILES string of the molecule is CC/C=C/CCCCCCN=C([O-])/C=C/C(=O)O.[Na+]. The molecule has 0 aliphatic rings. The molecule has 0 saturated carbocycles. The Morgan fingerprint density at radius 2 is 1.84 bits per heavy atom. The summed E-state index contributed by atoms with van der Waals surface area (Å²) in [6.45, 7) is 2.60. The predicted molar refractivity (Wildman–Crippen MR) is 71.6 cm³/mol. The van der Waals surface area contributed by atoms with E-state index in [-0.39, 0.29) is 29.6 Å². The summed E-state index contributed by atoms with van der Waals surface area (Å²) in [5.74, 6) is -1.60. The third kappa shape index (κ3) is 17.4. The van der Waals surface area contributed by atoms with Gasteiger partial charge < -0.3 is 15.2 Å². The number of carboxylic acids is 1. The molecule has 0 radical (unpaired) electrons. The Morgan fingerprint density at radius 1 is 1.16 bits per heavy atom. The number of aliphatic imine (C=N–C) groups is 1. The van der Waals surface area contributed by atoms with Crippen LogP contribution in [0.4, 0.5) is 0 Å². The number of nitrogens with zero attached hydrogens (tertiary/aromatic N) is 1.